The van der Waals surface area contributed by atoms with Crippen LogP contribution in [0.3, 0.4) is 0 Å². The highest BCUT2D eigenvalue weighted by atomic mass is 16.5. The first-order valence-corrected chi connectivity index (χ1v) is 4.72. The van der Waals surface area contributed by atoms with Crippen LogP contribution in [0, 0.1) is 6.92 Å². The maximum atomic E-state index is 5.07. The summed E-state index contributed by atoms with van der Waals surface area (Å²) in [7, 11) is 3.10. The van der Waals surface area contributed by atoms with Crippen LogP contribution in [0.1, 0.15) is 5.82 Å². The summed E-state index contributed by atoms with van der Waals surface area (Å²) in [5, 5.41) is 0. The molecule has 84 valence electrons. The van der Waals surface area contributed by atoms with Crippen molar-refractivity contribution in [2.24, 2.45) is 0 Å². The summed E-state index contributed by atoms with van der Waals surface area (Å²) in [5.41, 5.74) is 0. The second-order valence-corrected chi connectivity index (χ2v) is 3.10. The lowest BCUT2D eigenvalue weighted by molar-refractivity contribution is 0.370. The second-order valence-electron chi connectivity index (χ2n) is 3.10. The Bertz CT molecular complexity index is 473. The van der Waals surface area contributed by atoms with Crippen molar-refractivity contribution in [2.75, 3.05) is 14.2 Å². The molecule has 0 unspecified atom stereocenters. The second kappa shape index (κ2) is 4.18. The Kier molecular flexibility index (Phi) is 2.72. The van der Waals surface area contributed by atoms with E-state index in [1.165, 1.54) is 0 Å². The Morgan fingerprint density at radius 1 is 1.12 bits per heavy atom. The van der Waals surface area contributed by atoms with Gasteiger partial charge in [-0.15, -0.1) is 0 Å². The molecule has 2 aromatic heterocycles. The molecular formula is C10H12N4O2. The Balaban J connectivity index is 2.52. The molecular weight excluding hydrogens is 208 g/mol. The minimum absolute atomic E-state index is 0.454. The first kappa shape index (κ1) is 10.4. The van der Waals surface area contributed by atoms with Crippen molar-refractivity contribution in [3.05, 3.63) is 24.3 Å². The van der Waals surface area contributed by atoms with Gasteiger partial charge in [-0.05, 0) is 6.92 Å². The molecule has 2 aromatic rings. The van der Waals surface area contributed by atoms with Crippen LogP contribution in [-0.2, 0) is 0 Å². The van der Waals surface area contributed by atoms with E-state index in [1.807, 2.05) is 6.92 Å². The predicted octanol–water partition coefficient (Wildman–Crippen LogP) is 0.988. The molecule has 0 N–H and O–H groups in total. The molecule has 0 amide bonds. The SMILES string of the molecule is COc1cc(OC)nc(-n2ccnc2C)n1. The summed E-state index contributed by atoms with van der Waals surface area (Å²) >= 11 is 0. The van der Waals surface area contributed by atoms with Gasteiger partial charge >= 0.3 is 0 Å². The van der Waals surface area contributed by atoms with Crippen molar-refractivity contribution in [2.45, 2.75) is 6.92 Å². The average molecular weight is 220 g/mol. The zero-order chi connectivity index (χ0) is 11.5. The van der Waals surface area contributed by atoms with Crippen LogP contribution >= 0.6 is 0 Å². The van der Waals surface area contributed by atoms with Gasteiger partial charge in [0.25, 0.3) is 0 Å². The molecule has 0 atom stereocenters. The van der Waals surface area contributed by atoms with Crippen LogP contribution < -0.4 is 9.47 Å². The number of hydrogen-bond acceptors (Lipinski definition) is 5. The first-order chi connectivity index (χ1) is 7.74. The fourth-order valence-electron chi connectivity index (χ4n) is 1.30. The van der Waals surface area contributed by atoms with Crippen LogP contribution in [0.4, 0.5) is 0 Å². The lowest BCUT2D eigenvalue weighted by atomic mass is 10.6. The van der Waals surface area contributed by atoms with Gasteiger partial charge in [-0.1, -0.05) is 0 Å². The number of imidazole rings is 1. The average Bonchev–Trinajstić information content (AvgIpc) is 2.74. The van der Waals surface area contributed by atoms with Crippen LogP contribution in [0.25, 0.3) is 5.95 Å². The summed E-state index contributed by atoms with van der Waals surface area (Å²) in [6.45, 7) is 1.87. The Labute approximate surface area is 92.9 Å². The Morgan fingerprint density at radius 3 is 2.19 bits per heavy atom. The number of aryl methyl sites for hydroxylation is 1. The molecule has 0 fully saturated rings. The molecule has 6 heteroatoms. The van der Waals surface area contributed by atoms with E-state index in [1.54, 1.807) is 37.2 Å². The van der Waals surface area contributed by atoms with E-state index in [0.717, 1.165) is 5.82 Å². The molecule has 0 aliphatic heterocycles. The van der Waals surface area contributed by atoms with Gasteiger partial charge in [-0.3, -0.25) is 4.57 Å². The number of nitrogens with zero attached hydrogens (tertiary/aromatic N) is 4. The molecule has 0 aromatic carbocycles. The molecule has 0 saturated heterocycles. The highest BCUT2D eigenvalue weighted by molar-refractivity contribution is 5.27. The van der Waals surface area contributed by atoms with Crippen molar-refractivity contribution in [1.82, 2.24) is 19.5 Å². The number of rotatable bonds is 3. The third-order valence-electron chi connectivity index (χ3n) is 2.13. The zero-order valence-electron chi connectivity index (χ0n) is 9.34. The Hall–Kier alpha value is -2.11. The fourth-order valence-corrected chi connectivity index (χ4v) is 1.30. The number of ether oxygens (including phenoxy) is 2. The van der Waals surface area contributed by atoms with E-state index in [0.29, 0.717) is 17.7 Å². The van der Waals surface area contributed by atoms with E-state index >= 15 is 0 Å². The van der Waals surface area contributed by atoms with Crippen molar-refractivity contribution in [1.29, 1.82) is 0 Å². The number of aromatic nitrogens is 4. The van der Waals surface area contributed by atoms with Crippen LogP contribution in [-0.4, -0.2) is 33.7 Å². The summed E-state index contributed by atoms with van der Waals surface area (Å²) in [6.07, 6.45) is 3.47. The molecule has 0 bridgehead atoms. The van der Waals surface area contributed by atoms with Crippen molar-refractivity contribution < 1.29 is 9.47 Å². The minimum Gasteiger partial charge on any atom is -0.481 e. The lowest BCUT2D eigenvalue weighted by Crippen LogP contribution is -2.04. The van der Waals surface area contributed by atoms with Gasteiger partial charge in [0.05, 0.1) is 20.3 Å². The summed E-state index contributed by atoms with van der Waals surface area (Å²) in [6, 6.07) is 1.62. The molecule has 2 heterocycles. The van der Waals surface area contributed by atoms with Crippen molar-refractivity contribution in [3.63, 3.8) is 0 Å². The number of methoxy groups -OCH3 is 2. The molecule has 0 spiro atoms. The van der Waals surface area contributed by atoms with E-state index in [4.69, 9.17) is 9.47 Å². The lowest BCUT2D eigenvalue weighted by Gasteiger charge is -2.07. The van der Waals surface area contributed by atoms with Crippen LogP contribution in [0.2, 0.25) is 0 Å². The molecule has 16 heavy (non-hydrogen) atoms. The van der Waals surface area contributed by atoms with E-state index in [2.05, 4.69) is 15.0 Å². The van der Waals surface area contributed by atoms with Gasteiger partial charge in [0, 0.05) is 12.4 Å². The zero-order valence-corrected chi connectivity index (χ0v) is 9.34. The molecule has 2 rings (SSSR count). The summed E-state index contributed by atoms with van der Waals surface area (Å²) in [5.74, 6) is 2.19. The van der Waals surface area contributed by atoms with E-state index < -0.39 is 0 Å². The summed E-state index contributed by atoms with van der Waals surface area (Å²) in [4.78, 5) is 12.5. The topological polar surface area (TPSA) is 62.1 Å². The highest BCUT2D eigenvalue weighted by Crippen LogP contribution is 2.17. The maximum absolute atomic E-state index is 5.07. The Morgan fingerprint density at radius 2 is 1.75 bits per heavy atom. The molecule has 0 saturated carbocycles. The summed E-state index contributed by atoms with van der Waals surface area (Å²) < 4.78 is 11.9. The third-order valence-corrected chi connectivity index (χ3v) is 2.13. The van der Waals surface area contributed by atoms with Gasteiger partial charge in [0.1, 0.15) is 5.82 Å². The van der Waals surface area contributed by atoms with E-state index in [-0.39, 0.29) is 0 Å². The fraction of sp³-hybridized carbons (Fsp3) is 0.300. The largest absolute Gasteiger partial charge is 0.481 e. The highest BCUT2D eigenvalue weighted by Gasteiger charge is 2.08. The van der Waals surface area contributed by atoms with Gasteiger partial charge in [-0.25, -0.2) is 4.98 Å². The van der Waals surface area contributed by atoms with Crippen molar-refractivity contribution >= 4 is 0 Å². The van der Waals surface area contributed by atoms with Gasteiger partial charge in [0.2, 0.25) is 17.7 Å². The quantitative estimate of drug-likeness (QED) is 0.771. The first-order valence-electron chi connectivity index (χ1n) is 4.72. The van der Waals surface area contributed by atoms with Crippen LogP contribution in [0.15, 0.2) is 18.5 Å². The van der Waals surface area contributed by atoms with Gasteiger partial charge in [0.15, 0.2) is 0 Å². The monoisotopic (exact) mass is 220 g/mol. The smallest absolute Gasteiger partial charge is 0.241 e. The van der Waals surface area contributed by atoms with E-state index in [9.17, 15) is 0 Å². The standard InChI is InChI=1S/C10H12N4O2/c1-7-11-4-5-14(7)10-12-8(15-2)6-9(13-10)16-3/h4-6H,1-3H3. The normalized spacial score (nSPS) is 10.2. The van der Waals surface area contributed by atoms with Gasteiger partial charge in [-0.2, -0.15) is 9.97 Å². The minimum atomic E-state index is 0.454. The van der Waals surface area contributed by atoms with Gasteiger partial charge < -0.3 is 9.47 Å². The molecule has 0 aliphatic carbocycles. The molecule has 0 radical (unpaired) electrons. The molecule has 6 nitrogen and oxygen atoms in total. The van der Waals surface area contributed by atoms with Crippen molar-refractivity contribution in [3.8, 4) is 17.7 Å². The third kappa shape index (κ3) is 1.81. The maximum Gasteiger partial charge on any atom is 0.241 e. The van der Waals surface area contributed by atoms with Crippen LogP contribution in [0.5, 0.6) is 11.8 Å². The number of hydrogen-bond donors (Lipinski definition) is 0. The molecule has 0 aliphatic rings. The predicted molar refractivity (Wildman–Crippen MR) is 57.0 cm³/mol.